The van der Waals surface area contributed by atoms with Gasteiger partial charge in [-0.1, -0.05) is 0 Å². The molecule has 1 fully saturated rings. The number of piperazine rings is 1. The van der Waals surface area contributed by atoms with Gasteiger partial charge in [0, 0.05) is 57.3 Å². The molecule has 1 aliphatic heterocycles. The van der Waals surface area contributed by atoms with Crippen molar-refractivity contribution in [1.29, 1.82) is 0 Å². The van der Waals surface area contributed by atoms with E-state index in [9.17, 15) is 4.79 Å². The van der Waals surface area contributed by atoms with Crippen LogP contribution in [0.1, 0.15) is 5.69 Å². The maximum Gasteiger partial charge on any atom is 0.317 e. The number of ether oxygens (including phenoxy) is 1. The maximum atomic E-state index is 10.8. The monoisotopic (exact) mass is 343 g/mol. The topological polar surface area (TPSA) is 91.7 Å². The highest BCUT2D eigenvalue weighted by Crippen LogP contribution is 2.21. The van der Waals surface area contributed by atoms with Gasteiger partial charge in [-0.25, -0.2) is 9.97 Å². The van der Waals surface area contributed by atoms with Crippen LogP contribution >= 0.6 is 0 Å². The van der Waals surface area contributed by atoms with E-state index in [1.54, 1.807) is 19.5 Å². The predicted molar refractivity (Wildman–Crippen MR) is 92.3 cm³/mol. The Morgan fingerprint density at radius 3 is 2.56 bits per heavy atom. The number of aromatic nitrogens is 3. The summed E-state index contributed by atoms with van der Waals surface area (Å²) in [6.45, 7) is 3.33. The van der Waals surface area contributed by atoms with Gasteiger partial charge in [0.15, 0.2) is 5.82 Å². The second-order valence-electron chi connectivity index (χ2n) is 5.87. The summed E-state index contributed by atoms with van der Waals surface area (Å²) in [5.74, 6) is 0.682. The van der Waals surface area contributed by atoms with Crippen LogP contribution in [-0.2, 0) is 16.1 Å². The minimum Gasteiger partial charge on any atom is -0.480 e. The number of anilines is 1. The second kappa shape index (κ2) is 8.00. The standard InChI is InChI=1S/C17H21N5O3/c1-25-12-14-10-15(20-17(19-14)13-2-4-18-5-3-13)22-8-6-21(7-9-22)11-16(23)24/h2-5,10H,6-9,11-12H2,1H3,(H,23,24). The molecule has 8 nitrogen and oxygen atoms in total. The number of pyridine rings is 1. The number of hydrogen-bond acceptors (Lipinski definition) is 7. The van der Waals surface area contributed by atoms with Crippen molar-refractivity contribution in [2.45, 2.75) is 6.61 Å². The van der Waals surface area contributed by atoms with Gasteiger partial charge in [0.25, 0.3) is 0 Å². The van der Waals surface area contributed by atoms with E-state index in [0.717, 1.165) is 30.2 Å². The number of carboxylic acids is 1. The van der Waals surface area contributed by atoms with Crippen LogP contribution in [0.25, 0.3) is 11.4 Å². The third-order valence-corrected chi connectivity index (χ3v) is 4.05. The molecule has 1 saturated heterocycles. The van der Waals surface area contributed by atoms with Crippen molar-refractivity contribution in [3.63, 3.8) is 0 Å². The summed E-state index contributed by atoms with van der Waals surface area (Å²) >= 11 is 0. The Labute approximate surface area is 146 Å². The molecule has 3 heterocycles. The zero-order chi connectivity index (χ0) is 17.6. The minimum absolute atomic E-state index is 0.0782. The lowest BCUT2D eigenvalue weighted by Crippen LogP contribution is -2.48. The molecule has 25 heavy (non-hydrogen) atoms. The molecule has 0 unspecified atom stereocenters. The van der Waals surface area contributed by atoms with Gasteiger partial charge in [-0.2, -0.15) is 0 Å². The van der Waals surface area contributed by atoms with E-state index in [-0.39, 0.29) is 6.54 Å². The highest BCUT2D eigenvalue weighted by atomic mass is 16.5. The van der Waals surface area contributed by atoms with Gasteiger partial charge in [-0.05, 0) is 12.1 Å². The molecule has 1 aliphatic rings. The van der Waals surface area contributed by atoms with Gasteiger partial charge in [0.1, 0.15) is 5.82 Å². The van der Waals surface area contributed by atoms with Crippen LogP contribution < -0.4 is 4.90 Å². The van der Waals surface area contributed by atoms with Crippen molar-refractivity contribution < 1.29 is 14.6 Å². The van der Waals surface area contributed by atoms with Crippen molar-refractivity contribution in [3.8, 4) is 11.4 Å². The van der Waals surface area contributed by atoms with Gasteiger partial charge in [0.05, 0.1) is 18.8 Å². The molecule has 0 saturated carbocycles. The zero-order valence-electron chi connectivity index (χ0n) is 14.1. The Morgan fingerprint density at radius 2 is 1.92 bits per heavy atom. The van der Waals surface area contributed by atoms with Crippen LogP contribution in [0, 0.1) is 0 Å². The van der Waals surface area contributed by atoms with Crippen LogP contribution in [0.4, 0.5) is 5.82 Å². The predicted octanol–water partition coefficient (Wildman–Crippen LogP) is 0.892. The third-order valence-electron chi connectivity index (χ3n) is 4.05. The molecule has 0 radical (unpaired) electrons. The molecule has 132 valence electrons. The number of hydrogen-bond donors (Lipinski definition) is 1. The zero-order valence-corrected chi connectivity index (χ0v) is 14.1. The number of carbonyl (C=O) groups is 1. The Balaban J connectivity index is 1.81. The van der Waals surface area contributed by atoms with Crippen LogP contribution in [0.5, 0.6) is 0 Å². The van der Waals surface area contributed by atoms with E-state index in [2.05, 4.69) is 14.9 Å². The Kier molecular flexibility index (Phi) is 5.52. The molecule has 0 atom stereocenters. The van der Waals surface area contributed by atoms with Crippen LogP contribution in [0.2, 0.25) is 0 Å². The molecule has 0 aliphatic carbocycles. The molecule has 0 amide bonds. The fourth-order valence-electron chi connectivity index (χ4n) is 2.82. The molecule has 0 aromatic carbocycles. The van der Waals surface area contributed by atoms with Crippen molar-refractivity contribution in [2.75, 3.05) is 44.7 Å². The first kappa shape index (κ1) is 17.2. The summed E-state index contributed by atoms with van der Waals surface area (Å²) in [6, 6.07) is 5.68. The molecular formula is C17H21N5O3. The smallest absolute Gasteiger partial charge is 0.317 e. The van der Waals surface area contributed by atoms with E-state index in [0.29, 0.717) is 25.5 Å². The van der Waals surface area contributed by atoms with E-state index >= 15 is 0 Å². The number of nitrogens with zero attached hydrogens (tertiary/aromatic N) is 5. The fraction of sp³-hybridized carbons (Fsp3) is 0.412. The Bertz CT molecular complexity index is 717. The number of aliphatic carboxylic acids is 1. The summed E-state index contributed by atoms with van der Waals surface area (Å²) in [6.07, 6.45) is 3.43. The molecular weight excluding hydrogens is 322 g/mol. The van der Waals surface area contributed by atoms with Gasteiger partial charge in [-0.3, -0.25) is 14.7 Å². The molecule has 2 aromatic rings. The lowest BCUT2D eigenvalue weighted by atomic mass is 10.2. The van der Waals surface area contributed by atoms with Crippen LogP contribution in [0.3, 0.4) is 0 Å². The second-order valence-corrected chi connectivity index (χ2v) is 5.87. The first-order valence-corrected chi connectivity index (χ1v) is 8.12. The van der Waals surface area contributed by atoms with Gasteiger partial charge >= 0.3 is 5.97 Å². The molecule has 1 N–H and O–H groups in total. The van der Waals surface area contributed by atoms with Gasteiger partial charge in [0.2, 0.25) is 0 Å². The third kappa shape index (κ3) is 4.49. The highest BCUT2D eigenvalue weighted by Gasteiger charge is 2.21. The molecule has 8 heteroatoms. The summed E-state index contributed by atoms with van der Waals surface area (Å²) in [4.78, 5) is 28.2. The highest BCUT2D eigenvalue weighted by molar-refractivity contribution is 5.69. The largest absolute Gasteiger partial charge is 0.480 e. The molecule has 0 bridgehead atoms. The average Bonchev–Trinajstić information content (AvgIpc) is 2.63. The lowest BCUT2D eigenvalue weighted by molar-refractivity contribution is -0.138. The Morgan fingerprint density at radius 1 is 1.20 bits per heavy atom. The van der Waals surface area contributed by atoms with Crippen LogP contribution in [0.15, 0.2) is 30.6 Å². The number of methoxy groups -OCH3 is 1. The number of carboxylic acid groups (broad SMARTS) is 1. The van der Waals surface area contributed by atoms with E-state index in [4.69, 9.17) is 14.8 Å². The van der Waals surface area contributed by atoms with Gasteiger partial charge in [-0.15, -0.1) is 0 Å². The van der Waals surface area contributed by atoms with Crippen molar-refractivity contribution >= 4 is 11.8 Å². The summed E-state index contributed by atoms with van der Waals surface area (Å²) < 4.78 is 5.23. The normalized spacial score (nSPS) is 15.3. The fourth-order valence-corrected chi connectivity index (χ4v) is 2.82. The lowest BCUT2D eigenvalue weighted by Gasteiger charge is -2.34. The quantitative estimate of drug-likeness (QED) is 0.827. The van der Waals surface area contributed by atoms with Crippen LogP contribution in [-0.4, -0.2) is 70.8 Å². The van der Waals surface area contributed by atoms with E-state index in [1.807, 2.05) is 23.1 Å². The van der Waals surface area contributed by atoms with Gasteiger partial charge < -0.3 is 14.7 Å². The molecule has 2 aromatic heterocycles. The maximum absolute atomic E-state index is 10.8. The average molecular weight is 343 g/mol. The first-order chi connectivity index (χ1) is 12.2. The van der Waals surface area contributed by atoms with Crippen molar-refractivity contribution in [1.82, 2.24) is 19.9 Å². The Hall–Kier alpha value is -2.58. The van der Waals surface area contributed by atoms with E-state index < -0.39 is 5.97 Å². The van der Waals surface area contributed by atoms with Crippen molar-refractivity contribution in [2.24, 2.45) is 0 Å². The summed E-state index contributed by atoms with van der Waals surface area (Å²) in [7, 11) is 1.64. The summed E-state index contributed by atoms with van der Waals surface area (Å²) in [5, 5.41) is 8.91. The molecule has 3 rings (SSSR count). The molecule has 0 spiro atoms. The minimum atomic E-state index is -0.794. The first-order valence-electron chi connectivity index (χ1n) is 8.12. The summed E-state index contributed by atoms with van der Waals surface area (Å²) in [5.41, 5.74) is 1.71. The van der Waals surface area contributed by atoms with Crippen molar-refractivity contribution in [3.05, 3.63) is 36.3 Å². The van der Waals surface area contributed by atoms with E-state index in [1.165, 1.54) is 0 Å². The number of rotatable bonds is 6. The SMILES string of the molecule is COCc1cc(N2CCN(CC(=O)O)CC2)nc(-c2ccncc2)n1.